The lowest BCUT2D eigenvalue weighted by Crippen LogP contribution is -2.32. The van der Waals surface area contributed by atoms with Gasteiger partial charge in [-0.15, -0.1) is 0 Å². The first-order chi connectivity index (χ1) is 6.31. The van der Waals surface area contributed by atoms with Crippen molar-refractivity contribution in [3.05, 3.63) is 23.2 Å². The number of halogens is 1. The lowest BCUT2D eigenvalue weighted by atomic mass is 10.1. The van der Waals surface area contributed by atoms with Crippen LogP contribution in [0, 0.1) is 0 Å². The van der Waals surface area contributed by atoms with Gasteiger partial charge in [0, 0.05) is 12.6 Å². The molecule has 0 amide bonds. The fraction of sp³-hybridized carbons (Fsp3) is 0.400. The number of para-hydroxylation sites is 1. The Bertz CT molecular complexity index is 312. The Labute approximate surface area is 83.3 Å². The Morgan fingerprint density at radius 2 is 2.38 bits per heavy atom. The molecule has 0 saturated heterocycles. The highest BCUT2D eigenvalue weighted by atomic mass is 35.5. The van der Waals surface area contributed by atoms with E-state index in [0.29, 0.717) is 6.04 Å². The third-order valence-electron chi connectivity index (χ3n) is 2.39. The standard InChI is InChI=1S/C10H13ClN2/c1-2-7-6-12-9-5-3-4-8(11)10(9)13-7/h3-5,7,12-13H,2,6H2,1H3. The number of hydrogen-bond acceptors (Lipinski definition) is 2. The molecule has 1 aliphatic rings. The number of fused-ring (bicyclic) bond motifs is 1. The molecule has 1 atom stereocenters. The van der Waals surface area contributed by atoms with Crippen LogP contribution in [0.1, 0.15) is 13.3 Å². The van der Waals surface area contributed by atoms with Crippen molar-refractivity contribution in [2.45, 2.75) is 19.4 Å². The minimum Gasteiger partial charge on any atom is -0.381 e. The lowest BCUT2D eigenvalue weighted by molar-refractivity contribution is 0.713. The van der Waals surface area contributed by atoms with Gasteiger partial charge in [-0.1, -0.05) is 24.6 Å². The van der Waals surface area contributed by atoms with E-state index in [2.05, 4.69) is 17.6 Å². The summed E-state index contributed by atoms with van der Waals surface area (Å²) in [6.45, 7) is 3.14. The zero-order valence-corrected chi connectivity index (χ0v) is 8.36. The van der Waals surface area contributed by atoms with Gasteiger partial charge in [0.25, 0.3) is 0 Å². The average Bonchev–Trinajstić information content (AvgIpc) is 2.18. The summed E-state index contributed by atoms with van der Waals surface area (Å²) >= 11 is 6.06. The molecule has 2 nitrogen and oxygen atoms in total. The second-order valence-corrected chi connectivity index (χ2v) is 3.70. The molecule has 0 saturated carbocycles. The Kier molecular flexibility index (Phi) is 2.32. The van der Waals surface area contributed by atoms with Gasteiger partial charge in [0.2, 0.25) is 0 Å². The van der Waals surface area contributed by atoms with E-state index in [-0.39, 0.29) is 0 Å². The Balaban J connectivity index is 2.32. The van der Waals surface area contributed by atoms with Crippen molar-refractivity contribution >= 4 is 23.0 Å². The van der Waals surface area contributed by atoms with Gasteiger partial charge in [0.15, 0.2) is 0 Å². The van der Waals surface area contributed by atoms with Crippen molar-refractivity contribution in [3.8, 4) is 0 Å². The molecule has 2 rings (SSSR count). The highest BCUT2D eigenvalue weighted by molar-refractivity contribution is 6.34. The van der Waals surface area contributed by atoms with Crippen molar-refractivity contribution in [3.63, 3.8) is 0 Å². The largest absolute Gasteiger partial charge is 0.381 e. The summed E-state index contributed by atoms with van der Waals surface area (Å²) < 4.78 is 0. The minimum absolute atomic E-state index is 0.493. The molecule has 0 aliphatic carbocycles. The second-order valence-electron chi connectivity index (χ2n) is 3.29. The maximum atomic E-state index is 6.06. The Morgan fingerprint density at radius 1 is 1.54 bits per heavy atom. The third kappa shape index (κ3) is 1.59. The predicted octanol–water partition coefficient (Wildman–Crippen LogP) is 2.96. The molecule has 1 unspecified atom stereocenters. The van der Waals surface area contributed by atoms with Crippen LogP contribution in [0.3, 0.4) is 0 Å². The van der Waals surface area contributed by atoms with Gasteiger partial charge in [-0.2, -0.15) is 0 Å². The molecule has 0 spiro atoms. The minimum atomic E-state index is 0.493. The van der Waals surface area contributed by atoms with Crippen LogP contribution < -0.4 is 10.6 Å². The summed E-state index contributed by atoms with van der Waals surface area (Å²) in [5.41, 5.74) is 2.15. The maximum Gasteiger partial charge on any atom is 0.0768 e. The first-order valence-corrected chi connectivity index (χ1v) is 4.98. The first kappa shape index (κ1) is 8.70. The molecule has 1 aliphatic heterocycles. The van der Waals surface area contributed by atoms with E-state index in [1.54, 1.807) is 0 Å². The average molecular weight is 197 g/mol. The fourth-order valence-electron chi connectivity index (χ4n) is 1.55. The summed E-state index contributed by atoms with van der Waals surface area (Å²) in [5, 5.41) is 7.57. The van der Waals surface area contributed by atoms with E-state index in [9.17, 15) is 0 Å². The van der Waals surface area contributed by atoms with E-state index in [1.807, 2.05) is 18.2 Å². The van der Waals surface area contributed by atoms with Crippen LogP contribution in [0.2, 0.25) is 5.02 Å². The van der Waals surface area contributed by atoms with Crippen LogP contribution in [0.5, 0.6) is 0 Å². The van der Waals surface area contributed by atoms with Crippen LogP contribution in [-0.4, -0.2) is 12.6 Å². The first-order valence-electron chi connectivity index (χ1n) is 4.60. The summed E-state index contributed by atoms with van der Waals surface area (Å²) in [6.07, 6.45) is 1.11. The van der Waals surface area contributed by atoms with Crippen molar-refractivity contribution in [1.82, 2.24) is 0 Å². The highest BCUT2D eigenvalue weighted by Gasteiger charge is 2.16. The SMILES string of the molecule is CCC1CNc2cccc(Cl)c2N1. The van der Waals surface area contributed by atoms with E-state index in [0.717, 1.165) is 29.4 Å². The lowest BCUT2D eigenvalue weighted by Gasteiger charge is -2.28. The van der Waals surface area contributed by atoms with Gasteiger partial charge < -0.3 is 10.6 Å². The molecular weight excluding hydrogens is 184 g/mol. The molecule has 1 heterocycles. The van der Waals surface area contributed by atoms with E-state index in [4.69, 9.17) is 11.6 Å². The van der Waals surface area contributed by atoms with Crippen LogP contribution >= 0.6 is 11.6 Å². The molecule has 0 radical (unpaired) electrons. The summed E-state index contributed by atoms with van der Waals surface area (Å²) in [4.78, 5) is 0. The molecular formula is C10H13ClN2. The second kappa shape index (κ2) is 3.46. The molecule has 2 N–H and O–H groups in total. The van der Waals surface area contributed by atoms with Gasteiger partial charge in [0.05, 0.1) is 16.4 Å². The molecule has 0 aromatic heterocycles. The van der Waals surface area contributed by atoms with E-state index in [1.165, 1.54) is 0 Å². The molecule has 0 fully saturated rings. The van der Waals surface area contributed by atoms with Crippen LogP contribution in [-0.2, 0) is 0 Å². The topological polar surface area (TPSA) is 24.1 Å². The molecule has 3 heteroatoms. The number of rotatable bonds is 1. The molecule has 70 valence electrons. The summed E-state index contributed by atoms with van der Waals surface area (Å²) in [7, 11) is 0. The molecule has 0 bridgehead atoms. The summed E-state index contributed by atoms with van der Waals surface area (Å²) in [6, 6.07) is 6.40. The smallest absolute Gasteiger partial charge is 0.0768 e. The molecule has 1 aromatic rings. The number of nitrogens with one attached hydrogen (secondary N) is 2. The van der Waals surface area contributed by atoms with Crippen molar-refractivity contribution < 1.29 is 0 Å². The van der Waals surface area contributed by atoms with Crippen molar-refractivity contribution in [2.24, 2.45) is 0 Å². The zero-order chi connectivity index (χ0) is 9.26. The quantitative estimate of drug-likeness (QED) is 0.722. The molecule has 13 heavy (non-hydrogen) atoms. The van der Waals surface area contributed by atoms with Crippen LogP contribution in [0.15, 0.2) is 18.2 Å². The van der Waals surface area contributed by atoms with Gasteiger partial charge in [-0.25, -0.2) is 0 Å². The van der Waals surface area contributed by atoms with Gasteiger partial charge in [-0.05, 0) is 18.6 Å². The summed E-state index contributed by atoms with van der Waals surface area (Å²) in [5.74, 6) is 0. The maximum absolute atomic E-state index is 6.06. The monoisotopic (exact) mass is 196 g/mol. The van der Waals surface area contributed by atoms with Gasteiger partial charge in [0.1, 0.15) is 0 Å². The third-order valence-corrected chi connectivity index (χ3v) is 2.71. The highest BCUT2D eigenvalue weighted by Crippen LogP contribution is 2.33. The van der Waals surface area contributed by atoms with Crippen LogP contribution in [0.25, 0.3) is 0 Å². The zero-order valence-electron chi connectivity index (χ0n) is 7.60. The molecule has 1 aromatic carbocycles. The van der Waals surface area contributed by atoms with Crippen molar-refractivity contribution in [2.75, 3.05) is 17.2 Å². The Morgan fingerprint density at radius 3 is 3.15 bits per heavy atom. The normalized spacial score (nSPS) is 20.0. The van der Waals surface area contributed by atoms with E-state index < -0.39 is 0 Å². The number of hydrogen-bond donors (Lipinski definition) is 2. The van der Waals surface area contributed by atoms with E-state index >= 15 is 0 Å². The van der Waals surface area contributed by atoms with Crippen molar-refractivity contribution in [1.29, 1.82) is 0 Å². The van der Waals surface area contributed by atoms with Gasteiger partial charge in [-0.3, -0.25) is 0 Å². The predicted molar refractivity (Wildman–Crippen MR) is 57.6 cm³/mol. The number of benzene rings is 1. The van der Waals surface area contributed by atoms with Gasteiger partial charge >= 0.3 is 0 Å². The number of anilines is 2. The Hall–Kier alpha value is -0.890. The fourth-order valence-corrected chi connectivity index (χ4v) is 1.78. The van der Waals surface area contributed by atoms with Crippen LogP contribution in [0.4, 0.5) is 11.4 Å².